The van der Waals surface area contributed by atoms with E-state index in [9.17, 15) is 0 Å². The second kappa shape index (κ2) is 8.77. The normalized spacial score (nSPS) is 13.5. The summed E-state index contributed by atoms with van der Waals surface area (Å²) in [6.07, 6.45) is 2.51. The number of rotatable bonds is 9. The van der Waals surface area contributed by atoms with Crippen LogP contribution in [0.2, 0.25) is 6.32 Å². The van der Waals surface area contributed by atoms with Gasteiger partial charge in [-0.05, 0) is 47.8 Å². The fraction of sp³-hybridized carbons (Fsp3) is 0.533. The van der Waals surface area contributed by atoms with Crippen molar-refractivity contribution in [3.8, 4) is 5.75 Å². The molecule has 0 aliphatic heterocycles. The molecule has 24 heavy (non-hydrogen) atoms. The molecule has 4 N–H and O–H groups in total. The first-order valence-electron chi connectivity index (χ1n) is 8.06. The Hall–Kier alpha value is -1.97. The molecule has 1 heterocycles. The maximum atomic E-state index is 8.86. The van der Waals surface area contributed by atoms with Gasteiger partial charge in [0.2, 0.25) is 0 Å². The third kappa shape index (κ3) is 4.76. The summed E-state index contributed by atoms with van der Waals surface area (Å²) in [6, 6.07) is 7.40. The second-order valence-electron chi connectivity index (χ2n) is 5.80. The first kappa shape index (κ1) is 18.4. The van der Waals surface area contributed by atoms with Crippen LogP contribution in [0.4, 0.5) is 0 Å². The summed E-state index contributed by atoms with van der Waals surface area (Å²) in [5.41, 5.74) is 7.27. The molecule has 2 rings (SSSR count). The molecule has 2 aromatic rings. The highest BCUT2D eigenvalue weighted by Gasteiger charge is 2.20. The van der Waals surface area contributed by atoms with Crippen LogP contribution in [-0.2, 0) is 0 Å². The number of hydrogen-bond acceptors (Lipinski definition) is 7. The van der Waals surface area contributed by atoms with Crippen molar-refractivity contribution in [2.24, 2.45) is 5.73 Å². The van der Waals surface area contributed by atoms with Gasteiger partial charge in [0, 0.05) is 0 Å². The van der Waals surface area contributed by atoms with Gasteiger partial charge in [-0.3, -0.25) is 0 Å². The number of nitrogens with zero attached hydrogens (tertiary/aromatic N) is 4. The van der Waals surface area contributed by atoms with Gasteiger partial charge in [-0.15, -0.1) is 5.10 Å². The van der Waals surface area contributed by atoms with Gasteiger partial charge in [-0.25, -0.2) is 4.68 Å². The number of ether oxygens (including phenoxy) is 1. The molecule has 0 aliphatic carbocycles. The SMILES string of the molecule is COc1ccc([C@@H](C)n2nnnc2C(N)CCCCB(O)O)cc1. The smallest absolute Gasteiger partial charge is 0.451 e. The highest BCUT2D eigenvalue weighted by molar-refractivity contribution is 6.40. The molecule has 0 saturated heterocycles. The monoisotopic (exact) mass is 333 g/mol. The lowest BCUT2D eigenvalue weighted by Gasteiger charge is -2.17. The number of aromatic nitrogens is 4. The minimum atomic E-state index is -1.26. The van der Waals surface area contributed by atoms with E-state index < -0.39 is 7.12 Å². The topological polar surface area (TPSA) is 119 Å². The van der Waals surface area contributed by atoms with Gasteiger partial charge in [0.15, 0.2) is 5.82 Å². The van der Waals surface area contributed by atoms with E-state index in [1.165, 1.54) is 0 Å². The molecule has 0 radical (unpaired) electrons. The maximum Gasteiger partial charge on any atom is 0.451 e. The van der Waals surface area contributed by atoms with E-state index in [-0.39, 0.29) is 12.1 Å². The Labute approximate surface area is 141 Å². The van der Waals surface area contributed by atoms with Crippen molar-refractivity contribution < 1.29 is 14.8 Å². The van der Waals surface area contributed by atoms with Gasteiger partial charge in [-0.1, -0.05) is 25.0 Å². The summed E-state index contributed by atoms with van der Waals surface area (Å²) in [5, 5.41) is 29.6. The van der Waals surface area contributed by atoms with Crippen LogP contribution in [0.1, 0.15) is 49.7 Å². The van der Waals surface area contributed by atoms with Crippen LogP contribution in [0.25, 0.3) is 0 Å². The zero-order valence-corrected chi connectivity index (χ0v) is 14.0. The first-order chi connectivity index (χ1) is 11.5. The fourth-order valence-electron chi connectivity index (χ4n) is 2.56. The number of nitrogens with two attached hydrogens (primary N) is 1. The summed E-state index contributed by atoms with van der Waals surface area (Å²) >= 11 is 0. The van der Waals surface area contributed by atoms with Crippen LogP contribution in [0.3, 0.4) is 0 Å². The lowest BCUT2D eigenvalue weighted by atomic mass is 9.83. The largest absolute Gasteiger partial charge is 0.497 e. The standard InChI is InChI=1S/C15H24BN5O3/c1-11(12-6-8-13(24-2)9-7-12)21-15(18-19-20-21)14(17)5-3-4-10-16(22)23/h6-9,11,14,22-23H,3-5,10,17H2,1-2H3/t11-,14?/m1/s1. The predicted molar refractivity (Wildman–Crippen MR) is 90.4 cm³/mol. The molecular weight excluding hydrogens is 309 g/mol. The van der Waals surface area contributed by atoms with Gasteiger partial charge in [-0.2, -0.15) is 0 Å². The number of benzene rings is 1. The Morgan fingerprint density at radius 3 is 2.58 bits per heavy atom. The Morgan fingerprint density at radius 2 is 1.96 bits per heavy atom. The Balaban J connectivity index is 2.02. The molecule has 1 aromatic heterocycles. The average Bonchev–Trinajstić information content (AvgIpc) is 3.07. The van der Waals surface area contributed by atoms with Crippen molar-refractivity contribution in [2.45, 2.75) is 44.6 Å². The highest BCUT2D eigenvalue weighted by atomic mass is 16.5. The average molecular weight is 333 g/mol. The second-order valence-corrected chi connectivity index (χ2v) is 5.80. The molecule has 8 nitrogen and oxygen atoms in total. The van der Waals surface area contributed by atoms with Crippen LogP contribution in [-0.4, -0.2) is 44.5 Å². The maximum absolute atomic E-state index is 8.86. The zero-order valence-electron chi connectivity index (χ0n) is 14.0. The molecule has 0 saturated carbocycles. The lowest BCUT2D eigenvalue weighted by molar-refractivity contribution is 0.400. The zero-order chi connectivity index (χ0) is 17.5. The molecule has 0 bridgehead atoms. The van der Waals surface area contributed by atoms with Crippen LogP contribution in [0.5, 0.6) is 5.75 Å². The van der Waals surface area contributed by atoms with Crippen LogP contribution < -0.4 is 10.5 Å². The molecular formula is C15H24BN5O3. The van der Waals surface area contributed by atoms with Crippen LogP contribution >= 0.6 is 0 Å². The first-order valence-corrected chi connectivity index (χ1v) is 8.06. The Kier molecular flexibility index (Phi) is 6.71. The fourth-order valence-corrected chi connectivity index (χ4v) is 2.56. The van der Waals surface area contributed by atoms with Crippen molar-refractivity contribution in [3.05, 3.63) is 35.7 Å². The molecule has 130 valence electrons. The van der Waals surface area contributed by atoms with Crippen molar-refractivity contribution in [3.63, 3.8) is 0 Å². The van der Waals surface area contributed by atoms with Gasteiger partial charge in [0.25, 0.3) is 0 Å². The van der Waals surface area contributed by atoms with Gasteiger partial charge in [0.05, 0.1) is 19.2 Å². The quantitative estimate of drug-likeness (QED) is 0.461. The van der Waals surface area contributed by atoms with E-state index in [1.54, 1.807) is 11.8 Å². The number of unbranched alkanes of at least 4 members (excludes halogenated alkanes) is 1. The van der Waals surface area contributed by atoms with Crippen molar-refractivity contribution in [1.82, 2.24) is 20.2 Å². The van der Waals surface area contributed by atoms with E-state index in [4.69, 9.17) is 20.5 Å². The number of methoxy groups -OCH3 is 1. The van der Waals surface area contributed by atoms with Gasteiger partial charge >= 0.3 is 7.12 Å². The molecule has 0 aliphatic rings. The van der Waals surface area contributed by atoms with Crippen molar-refractivity contribution in [1.29, 1.82) is 0 Å². The van der Waals surface area contributed by atoms with Gasteiger partial charge in [0.1, 0.15) is 5.75 Å². The predicted octanol–water partition coefficient (Wildman–Crippen LogP) is 0.934. The molecule has 2 atom stereocenters. The summed E-state index contributed by atoms with van der Waals surface area (Å²) < 4.78 is 6.90. The number of hydrogen-bond donors (Lipinski definition) is 3. The Morgan fingerprint density at radius 1 is 1.25 bits per heavy atom. The van der Waals surface area contributed by atoms with E-state index in [0.29, 0.717) is 25.0 Å². The van der Waals surface area contributed by atoms with E-state index in [1.807, 2.05) is 31.2 Å². The summed E-state index contributed by atoms with van der Waals surface area (Å²) in [6.45, 7) is 2.01. The Bertz CT molecular complexity index is 620. The van der Waals surface area contributed by atoms with Crippen molar-refractivity contribution >= 4 is 7.12 Å². The third-order valence-electron chi connectivity index (χ3n) is 4.04. The van der Waals surface area contributed by atoms with E-state index in [0.717, 1.165) is 17.7 Å². The van der Waals surface area contributed by atoms with Crippen molar-refractivity contribution in [2.75, 3.05) is 7.11 Å². The molecule has 0 fully saturated rings. The molecule has 0 amide bonds. The van der Waals surface area contributed by atoms with Crippen LogP contribution in [0, 0.1) is 0 Å². The van der Waals surface area contributed by atoms with Gasteiger partial charge < -0.3 is 20.5 Å². The lowest BCUT2D eigenvalue weighted by Crippen LogP contribution is -2.20. The minimum Gasteiger partial charge on any atom is -0.497 e. The molecule has 9 heteroatoms. The van der Waals surface area contributed by atoms with E-state index >= 15 is 0 Å². The summed E-state index contributed by atoms with van der Waals surface area (Å²) in [7, 11) is 0.369. The van der Waals surface area contributed by atoms with Crippen LogP contribution in [0.15, 0.2) is 24.3 Å². The number of tetrazole rings is 1. The highest BCUT2D eigenvalue weighted by Crippen LogP contribution is 2.23. The molecule has 0 spiro atoms. The summed E-state index contributed by atoms with van der Waals surface area (Å²) in [4.78, 5) is 0. The molecule has 1 unspecified atom stereocenters. The van der Waals surface area contributed by atoms with E-state index in [2.05, 4.69) is 15.5 Å². The molecule has 1 aromatic carbocycles. The third-order valence-corrected chi connectivity index (χ3v) is 4.04. The summed E-state index contributed by atoms with van der Waals surface area (Å²) in [5.74, 6) is 1.42. The minimum absolute atomic E-state index is 0.0498.